The maximum atomic E-state index is 12.3. The van der Waals surface area contributed by atoms with Gasteiger partial charge >= 0.3 is 0 Å². The fourth-order valence-electron chi connectivity index (χ4n) is 2.80. The third kappa shape index (κ3) is 4.26. The number of hydrogen-bond acceptors (Lipinski definition) is 4. The maximum absolute atomic E-state index is 12.3. The van der Waals surface area contributed by atoms with Gasteiger partial charge in [-0.05, 0) is 30.7 Å². The molecule has 0 saturated carbocycles. The quantitative estimate of drug-likeness (QED) is 0.694. The van der Waals surface area contributed by atoms with Crippen LogP contribution in [0.4, 0.5) is 5.69 Å². The molecule has 138 valence electrons. The van der Waals surface area contributed by atoms with Gasteiger partial charge in [-0.15, -0.1) is 0 Å². The number of nitrogens with zero attached hydrogens (tertiary/aromatic N) is 2. The van der Waals surface area contributed by atoms with Gasteiger partial charge in [0, 0.05) is 29.7 Å². The van der Waals surface area contributed by atoms with Crippen LogP contribution in [0.25, 0.3) is 17.3 Å². The Bertz CT molecular complexity index is 1060. The molecule has 0 amide bonds. The van der Waals surface area contributed by atoms with Gasteiger partial charge in [0.05, 0.1) is 11.1 Å². The molecule has 1 N–H and O–H groups in total. The highest BCUT2D eigenvalue weighted by molar-refractivity contribution is 7.99. The summed E-state index contributed by atoms with van der Waals surface area (Å²) in [4.78, 5) is 4.61. The summed E-state index contributed by atoms with van der Waals surface area (Å²) in [7, 11) is -3.57. The maximum Gasteiger partial charge on any atom is 0.255 e. The zero-order valence-electron chi connectivity index (χ0n) is 14.8. The number of aromatic nitrogens is 2. The molecule has 0 atom stereocenters. The highest BCUT2D eigenvalue weighted by atomic mass is 32.2. The Balaban J connectivity index is 1.46. The molecule has 5 nitrogen and oxygen atoms in total. The first kappa shape index (κ1) is 17.9. The van der Waals surface area contributed by atoms with E-state index in [1.165, 1.54) is 5.41 Å². The monoisotopic (exact) mass is 397 g/mol. The van der Waals surface area contributed by atoms with Crippen LogP contribution in [0, 0.1) is 6.92 Å². The summed E-state index contributed by atoms with van der Waals surface area (Å²) in [5.41, 5.74) is 4.37. The molecular weight excluding hydrogens is 378 g/mol. The van der Waals surface area contributed by atoms with Crippen LogP contribution in [0.5, 0.6) is 0 Å². The molecule has 0 unspecified atom stereocenters. The molecule has 0 bridgehead atoms. The van der Waals surface area contributed by atoms with Crippen LogP contribution in [-0.2, 0) is 16.6 Å². The summed E-state index contributed by atoms with van der Waals surface area (Å²) >= 11 is 1.75. The fraction of sp³-hybridized carbons (Fsp3) is 0.150. The molecule has 1 aliphatic rings. The van der Waals surface area contributed by atoms with Crippen molar-refractivity contribution >= 4 is 33.5 Å². The van der Waals surface area contributed by atoms with E-state index in [0.29, 0.717) is 5.69 Å². The largest absolute Gasteiger partial charge is 0.325 e. The van der Waals surface area contributed by atoms with Crippen LogP contribution in [-0.4, -0.2) is 23.7 Å². The summed E-state index contributed by atoms with van der Waals surface area (Å²) in [6.45, 7) is 2.98. The van der Waals surface area contributed by atoms with Gasteiger partial charge in [-0.25, -0.2) is 13.4 Å². The standard InChI is InChI=1S/C20H19N3O2S2/c1-15-2-4-16(5-3-15)10-13-27(24,25)22-18-8-6-17(7-9-18)19-14-23-11-12-26-20(23)21-19/h2-10,13-14,22H,11-12H2,1H3/b13-10+. The van der Waals surface area contributed by atoms with Gasteiger partial charge < -0.3 is 4.57 Å². The van der Waals surface area contributed by atoms with Crippen LogP contribution in [0.15, 0.2) is 65.3 Å². The molecular formula is C20H19N3O2S2. The molecule has 0 radical (unpaired) electrons. The lowest BCUT2D eigenvalue weighted by Crippen LogP contribution is -2.08. The highest BCUT2D eigenvalue weighted by Gasteiger charge is 2.15. The normalized spacial score (nSPS) is 13.8. The lowest BCUT2D eigenvalue weighted by atomic mass is 10.1. The van der Waals surface area contributed by atoms with Gasteiger partial charge in [0.25, 0.3) is 10.0 Å². The minimum absolute atomic E-state index is 0.522. The average molecular weight is 398 g/mol. The van der Waals surface area contributed by atoms with E-state index in [0.717, 1.165) is 39.8 Å². The first-order chi connectivity index (χ1) is 13.0. The topological polar surface area (TPSA) is 64.0 Å². The van der Waals surface area contributed by atoms with Crippen molar-refractivity contribution in [2.45, 2.75) is 18.6 Å². The van der Waals surface area contributed by atoms with Crippen molar-refractivity contribution in [2.75, 3.05) is 10.5 Å². The summed E-state index contributed by atoms with van der Waals surface area (Å²) in [6, 6.07) is 14.9. The third-order valence-electron chi connectivity index (χ3n) is 4.26. The van der Waals surface area contributed by atoms with Gasteiger partial charge in [0.1, 0.15) is 0 Å². The SMILES string of the molecule is Cc1ccc(/C=C/S(=O)(=O)Nc2ccc(-c3cn4c(n3)SCC4)cc2)cc1. The zero-order chi connectivity index (χ0) is 18.9. The molecule has 0 saturated heterocycles. The Morgan fingerprint density at radius 2 is 1.85 bits per heavy atom. The van der Waals surface area contributed by atoms with E-state index >= 15 is 0 Å². The Kier molecular flexibility index (Phi) is 4.80. The van der Waals surface area contributed by atoms with E-state index in [1.807, 2.05) is 49.5 Å². The van der Waals surface area contributed by atoms with Crippen molar-refractivity contribution in [3.8, 4) is 11.3 Å². The molecule has 2 aromatic carbocycles. The van der Waals surface area contributed by atoms with Crippen molar-refractivity contribution in [3.63, 3.8) is 0 Å². The van der Waals surface area contributed by atoms with Gasteiger partial charge in [0.15, 0.2) is 5.16 Å². The Morgan fingerprint density at radius 3 is 2.56 bits per heavy atom. The molecule has 0 fully saturated rings. The first-order valence-electron chi connectivity index (χ1n) is 8.56. The molecule has 1 aromatic heterocycles. The molecule has 1 aliphatic heterocycles. The number of benzene rings is 2. The second-order valence-corrected chi connectivity index (χ2v) is 9.02. The molecule has 0 aliphatic carbocycles. The van der Waals surface area contributed by atoms with Crippen LogP contribution < -0.4 is 4.72 Å². The number of fused-ring (bicyclic) bond motifs is 1. The second kappa shape index (κ2) is 7.25. The van der Waals surface area contributed by atoms with E-state index in [9.17, 15) is 8.42 Å². The molecule has 7 heteroatoms. The van der Waals surface area contributed by atoms with Crippen molar-refractivity contribution in [1.82, 2.24) is 9.55 Å². The number of thioether (sulfide) groups is 1. The number of sulfonamides is 1. The van der Waals surface area contributed by atoms with E-state index in [4.69, 9.17) is 0 Å². The van der Waals surface area contributed by atoms with Gasteiger partial charge in [-0.2, -0.15) is 0 Å². The highest BCUT2D eigenvalue weighted by Crippen LogP contribution is 2.29. The summed E-state index contributed by atoms with van der Waals surface area (Å²) in [6.07, 6.45) is 3.62. The van der Waals surface area contributed by atoms with Crippen LogP contribution in [0.2, 0.25) is 0 Å². The van der Waals surface area contributed by atoms with E-state index in [-0.39, 0.29) is 0 Å². The molecule has 0 spiro atoms. The number of imidazole rings is 1. The number of hydrogen-bond donors (Lipinski definition) is 1. The smallest absolute Gasteiger partial charge is 0.255 e. The lowest BCUT2D eigenvalue weighted by Gasteiger charge is -2.05. The van der Waals surface area contributed by atoms with Crippen LogP contribution in [0.3, 0.4) is 0 Å². The van der Waals surface area contributed by atoms with E-state index < -0.39 is 10.0 Å². The van der Waals surface area contributed by atoms with Crippen LogP contribution in [0.1, 0.15) is 11.1 Å². The molecule has 27 heavy (non-hydrogen) atoms. The lowest BCUT2D eigenvalue weighted by molar-refractivity contribution is 0.609. The first-order valence-corrected chi connectivity index (χ1v) is 11.1. The fourth-order valence-corrected chi connectivity index (χ4v) is 4.61. The van der Waals surface area contributed by atoms with Gasteiger partial charge in [0.2, 0.25) is 0 Å². The average Bonchev–Trinajstić information content (AvgIpc) is 3.24. The van der Waals surface area contributed by atoms with Gasteiger partial charge in [-0.1, -0.05) is 53.7 Å². The minimum Gasteiger partial charge on any atom is -0.325 e. The number of aryl methyl sites for hydroxylation is 2. The Labute approximate surface area is 163 Å². The van der Waals surface area contributed by atoms with Crippen LogP contribution >= 0.6 is 11.8 Å². The second-order valence-electron chi connectivity index (χ2n) is 6.39. The number of anilines is 1. The van der Waals surface area contributed by atoms with Crippen molar-refractivity contribution < 1.29 is 8.42 Å². The van der Waals surface area contributed by atoms with Gasteiger partial charge in [-0.3, -0.25) is 4.72 Å². The summed E-state index contributed by atoms with van der Waals surface area (Å²) < 4.78 is 29.3. The summed E-state index contributed by atoms with van der Waals surface area (Å²) in [5, 5.41) is 2.22. The third-order valence-corrected chi connectivity index (χ3v) is 6.25. The summed E-state index contributed by atoms with van der Waals surface area (Å²) in [5.74, 6) is 1.07. The number of nitrogens with one attached hydrogen (secondary N) is 1. The Morgan fingerprint density at radius 1 is 1.11 bits per heavy atom. The van der Waals surface area contributed by atoms with E-state index in [2.05, 4.69) is 14.3 Å². The van der Waals surface area contributed by atoms with E-state index in [1.54, 1.807) is 30.0 Å². The number of rotatable bonds is 5. The van der Waals surface area contributed by atoms with Crippen molar-refractivity contribution in [2.24, 2.45) is 0 Å². The van der Waals surface area contributed by atoms with Crippen molar-refractivity contribution in [3.05, 3.63) is 71.3 Å². The minimum atomic E-state index is -3.57. The predicted molar refractivity (Wildman–Crippen MR) is 111 cm³/mol. The predicted octanol–water partition coefficient (Wildman–Crippen LogP) is 4.38. The Hall–Kier alpha value is -2.51. The zero-order valence-corrected chi connectivity index (χ0v) is 16.4. The molecule has 4 rings (SSSR count). The van der Waals surface area contributed by atoms with Crippen molar-refractivity contribution in [1.29, 1.82) is 0 Å². The molecule has 3 aromatic rings. The molecule has 2 heterocycles.